The van der Waals surface area contributed by atoms with E-state index in [4.69, 9.17) is 10.5 Å². The molecule has 0 amide bonds. The van der Waals surface area contributed by atoms with Crippen LogP contribution in [0.1, 0.15) is 43.7 Å². The van der Waals surface area contributed by atoms with Gasteiger partial charge in [0.1, 0.15) is 5.78 Å². The zero-order valence-corrected chi connectivity index (χ0v) is 20.8. The number of methoxy groups -OCH3 is 1. The van der Waals surface area contributed by atoms with Gasteiger partial charge in [0.05, 0.1) is 19.7 Å². The van der Waals surface area contributed by atoms with Gasteiger partial charge in [-0.25, -0.2) is 0 Å². The lowest BCUT2D eigenvalue weighted by Crippen LogP contribution is -2.38. The molecule has 8 heteroatoms. The number of rotatable bonds is 2. The molecule has 1 unspecified atom stereocenters. The normalized spacial score (nSPS) is 23.8. The van der Waals surface area contributed by atoms with Gasteiger partial charge >= 0.3 is 0 Å². The summed E-state index contributed by atoms with van der Waals surface area (Å²) in [6, 6.07) is 3.37. The number of carbonyl (C=O) groups is 2. The second-order valence-corrected chi connectivity index (χ2v) is 10.9. The molecule has 4 N–H and O–H groups in total. The summed E-state index contributed by atoms with van der Waals surface area (Å²) in [5.41, 5.74) is 10.0. The largest absolute Gasteiger partial charge is 0.504 e. The van der Waals surface area contributed by atoms with E-state index in [0.29, 0.717) is 24.5 Å². The highest BCUT2D eigenvalue weighted by Gasteiger charge is 2.18. The van der Waals surface area contributed by atoms with Gasteiger partial charge in [0.2, 0.25) is 0 Å². The van der Waals surface area contributed by atoms with Gasteiger partial charge in [-0.1, -0.05) is 47.1 Å². The number of hydrogen-bond acceptors (Lipinski definition) is 8. The highest BCUT2D eigenvalue weighted by molar-refractivity contribution is 8.76. The number of carbonyl (C=O) groups excluding carboxylic acids is 2. The number of nitrogens with two attached hydrogens (primary N) is 1. The molecule has 1 aromatic carbocycles. The number of phenols is 1. The first kappa shape index (κ1) is 25.5. The van der Waals surface area contributed by atoms with Crippen molar-refractivity contribution in [3.8, 4) is 11.5 Å². The Labute approximate surface area is 203 Å². The van der Waals surface area contributed by atoms with Crippen molar-refractivity contribution in [2.24, 2.45) is 11.7 Å². The van der Waals surface area contributed by atoms with Gasteiger partial charge in [0.15, 0.2) is 17.3 Å². The first-order valence-corrected chi connectivity index (χ1v) is 13.7. The number of nitrogens with one attached hydrogen (secondary N) is 1. The lowest BCUT2D eigenvalue weighted by atomic mass is 9.95. The molecule has 1 aromatic rings. The summed E-state index contributed by atoms with van der Waals surface area (Å²) < 4.78 is 5.25. The summed E-state index contributed by atoms with van der Waals surface area (Å²) in [7, 11) is 5.07. The number of ketones is 2. The van der Waals surface area contributed by atoms with Crippen molar-refractivity contribution in [1.82, 2.24) is 5.32 Å². The van der Waals surface area contributed by atoms with Crippen molar-refractivity contribution >= 4 is 39.2 Å². The van der Waals surface area contributed by atoms with E-state index in [1.165, 1.54) is 13.2 Å². The second-order valence-electron chi connectivity index (χ2n) is 8.36. The fourth-order valence-electron chi connectivity index (χ4n) is 3.77. The number of Topliss-reactive ketones (excluding diaryl/α,β-unsaturated/α-hetero) is 1. The quantitative estimate of drug-likeness (QED) is 0.416. The highest BCUT2D eigenvalue weighted by atomic mass is 33.1. The van der Waals surface area contributed by atoms with E-state index >= 15 is 0 Å². The van der Waals surface area contributed by atoms with Crippen molar-refractivity contribution < 1.29 is 19.4 Å². The van der Waals surface area contributed by atoms with Crippen LogP contribution >= 0.6 is 21.6 Å². The molecule has 0 radical (unpaired) electrons. The van der Waals surface area contributed by atoms with Crippen LogP contribution in [0.2, 0.25) is 0 Å². The molecule has 3 rings (SSSR count). The molecule has 0 saturated carbocycles. The fourth-order valence-corrected chi connectivity index (χ4v) is 6.47. The Bertz CT molecular complexity index is 971. The molecule has 178 valence electrons. The second kappa shape index (κ2) is 12.3. The van der Waals surface area contributed by atoms with Gasteiger partial charge < -0.3 is 20.9 Å². The number of aromatic hydroxyl groups is 1. The summed E-state index contributed by atoms with van der Waals surface area (Å²) in [4.78, 5) is 24.8. The van der Waals surface area contributed by atoms with Gasteiger partial charge in [-0.3, -0.25) is 9.59 Å². The van der Waals surface area contributed by atoms with E-state index in [1.54, 1.807) is 29.0 Å². The zero-order chi connectivity index (χ0) is 23.8. The predicted octanol–water partition coefficient (Wildman–Crippen LogP) is 4.38. The van der Waals surface area contributed by atoms with Gasteiger partial charge in [-0.15, -0.1) is 0 Å². The van der Waals surface area contributed by atoms with Crippen molar-refractivity contribution in [2.75, 3.05) is 18.6 Å². The SMILES string of the molecule is CC[C@H]1CCC(=O)CC(=O)/C=C/c2cc(OC)c(O)cc2CC2=CNC(N)C(=C2)CSSC1. The van der Waals surface area contributed by atoms with Gasteiger partial charge in [0.25, 0.3) is 0 Å². The molecule has 0 saturated heterocycles. The maximum atomic E-state index is 12.4. The van der Waals surface area contributed by atoms with E-state index in [0.717, 1.165) is 46.6 Å². The Morgan fingerprint density at radius 3 is 2.79 bits per heavy atom. The number of benzene rings is 1. The molecule has 0 aromatic heterocycles. The van der Waals surface area contributed by atoms with Crippen LogP contribution in [0.3, 0.4) is 0 Å². The van der Waals surface area contributed by atoms with Gasteiger partial charge in [-0.05, 0) is 59.2 Å². The number of fused-ring (bicyclic) bond motifs is 2. The third kappa shape index (κ3) is 7.42. The number of allylic oxidation sites excluding steroid dienone is 3. The fraction of sp³-hybridized carbons (Fsp3) is 0.440. The van der Waals surface area contributed by atoms with Crippen molar-refractivity contribution in [3.05, 3.63) is 52.8 Å². The molecular weight excluding hydrogens is 456 g/mol. The summed E-state index contributed by atoms with van der Waals surface area (Å²) >= 11 is 0. The van der Waals surface area contributed by atoms with E-state index in [2.05, 4.69) is 18.3 Å². The minimum absolute atomic E-state index is 0.0210. The minimum atomic E-state index is -0.228. The number of hydrogen-bond donors (Lipinski definition) is 3. The zero-order valence-electron chi connectivity index (χ0n) is 19.1. The van der Waals surface area contributed by atoms with Crippen LogP contribution in [0, 0.1) is 5.92 Å². The van der Waals surface area contributed by atoms with E-state index in [1.807, 2.05) is 17.0 Å². The summed E-state index contributed by atoms with van der Waals surface area (Å²) in [5, 5.41) is 13.6. The average Bonchev–Trinajstić information content (AvgIpc) is 2.79. The lowest BCUT2D eigenvalue weighted by Gasteiger charge is -2.23. The Hall–Kier alpha value is -2.16. The number of phenolic OH excluding ortho intramolecular Hbond substituents is 1. The molecule has 0 fully saturated rings. The minimum Gasteiger partial charge on any atom is -0.504 e. The van der Waals surface area contributed by atoms with E-state index in [9.17, 15) is 14.7 Å². The molecule has 2 bridgehead atoms. The lowest BCUT2D eigenvalue weighted by molar-refractivity contribution is -0.124. The van der Waals surface area contributed by atoms with Gasteiger partial charge in [-0.2, -0.15) is 0 Å². The van der Waals surface area contributed by atoms with Crippen LogP contribution < -0.4 is 15.8 Å². The molecule has 2 heterocycles. The Morgan fingerprint density at radius 2 is 2.03 bits per heavy atom. The molecule has 2 aliphatic heterocycles. The first-order valence-electron chi connectivity index (χ1n) is 11.2. The molecule has 6 nitrogen and oxygen atoms in total. The van der Waals surface area contributed by atoms with E-state index < -0.39 is 0 Å². The topological polar surface area (TPSA) is 102 Å². The third-order valence-electron chi connectivity index (χ3n) is 5.90. The Balaban J connectivity index is 1.92. The van der Waals surface area contributed by atoms with Crippen LogP contribution in [-0.4, -0.2) is 41.5 Å². The van der Waals surface area contributed by atoms with Crippen molar-refractivity contribution in [3.63, 3.8) is 0 Å². The Kier molecular flexibility index (Phi) is 9.52. The summed E-state index contributed by atoms with van der Waals surface area (Å²) in [6.07, 6.45) is 9.64. The van der Waals surface area contributed by atoms with Crippen LogP contribution in [0.4, 0.5) is 0 Å². The standard InChI is InChI=1S/C25H32N2O4S2/c1-3-16-4-6-21(28)12-22(29)7-5-18-11-24(31-2)23(30)10-19(18)8-17-9-20(15-33-32-14-16)25(26)27-13-17/h5,7,9-11,13,16,25,27,30H,3-4,6,8,12,14-15,26H2,1-2H3/b7-5+/t16-,25?/m0/s1. The smallest absolute Gasteiger partial charge is 0.163 e. The van der Waals surface area contributed by atoms with Crippen LogP contribution in [0.5, 0.6) is 11.5 Å². The summed E-state index contributed by atoms with van der Waals surface area (Å²) in [5.74, 6) is 2.35. The number of dihydropyridines is 1. The molecule has 33 heavy (non-hydrogen) atoms. The number of ether oxygens (including phenoxy) is 1. The Morgan fingerprint density at radius 1 is 1.21 bits per heavy atom. The molecule has 0 aliphatic carbocycles. The van der Waals surface area contributed by atoms with Crippen molar-refractivity contribution in [2.45, 2.75) is 45.2 Å². The van der Waals surface area contributed by atoms with Crippen LogP contribution in [0.25, 0.3) is 6.08 Å². The monoisotopic (exact) mass is 488 g/mol. The molecule has 0 spiro atoms. The maximum Gasteiger partial charge on any atom is 0.163 e. The third-order valence-corrected chi connectivity index (χ3v) is 8.38. The first-order chi connectivity index (χ1) is 15.9. The molecular formula is C25H32N2O4S2. The van der Waals surface area contributed by atoms with E-state index in [-0.39, 0.29) is 29.9 Å². The van der Waals surface area contributed by atoms with Gasteiger partial charge in [0, 0.05) is 24.1 Å². The molecule has 2 aliphatic rings. The highest BCUT2D eigenvalue weighted by Crippen LogP contribution is 2.33. The van der Waals surface area contributed by atoms with Crippen LogP contribution in [-0.2, 0) is 16.0 Å². The summed E-state index contributed by atoms with van der Waals surface area (Å²) in [6.45, 7) is 2.14. The predicted molar refractivity (Wildman–Crippen MR) is 137 cm³/mol. The van der Waals surface area contributed by atoms with Crippen molar-refractivity contribution in [1.29, 1.82) is 0 Å². The van der Waals surface area contributed by atoms with Crippen LogP contribution in [0.15, 0.2) is 41.6 Å². The average molecular weight is 489 g/mol. The molecule has 2 atom stereocenters. The maximum absolute atomic E-state index is 12.4.